The number of fused-ring (bicyclic) bond motifs is 2. The van der Waals surface area contributed by atoms with Crippen molar-refractivity contribution in [3.05, 3.63) is 30.0 Å². The Hall–Kier alpha value is -2.41. The molecule has 0 unspecified atom stereocenters. The van der Waals surface area contributed by atoms with Crippen LogP contribution in [-0.2, 0) is 16.6 Å². The third kappa shape index (κ3) is 2.76. The van der Waals surface area contributed by atoms with Crippen LogP contribution in [0, 0.1) is 5.92 Å². The maximum Gasteiger partial charge on any atom is 0.275 e. The minimum Gasteiger partial charge on any atom is -0.374 e. The molecule has 1 saturated heterocycles. The predicted molar refractivity (Wildman–Crippen MR) is 96.7 cm³/mol. The Labute approximate surface area is 152 Å². The van der Waals surface area contributed by atoms with Crippen molar-refractivity contribution in [2.45, 2.75) is 31.4 Å². The first-order valence-corrected chi connectivity index (χ1v) is 9.16. The van der Waals surface area contributed by atoms with Gasteiger partial charge in [-0.25, -0.2) is 0 Å². The van der Waals surface area contributed by atoms with Crippen molar-refractivity contribution in [3.63, 3.8) is 0 Å². The molecule has 1 aromatic carbocycles. The van der Waals surface area contributed by atoms with Crippen molar-refractivity contribution >= 4 is 22.7 Å². The number of ether oxygens (including phenoxy) is 1. The Morgan fingerprint density at radius 1 is 1.27 bits per heavy atom. The lowest BCUT2D eigenvalue weighted by Gasteiger charge is -2.45. The number of aromatic nitrogens is 2. The molecule has 2 fully saturated rings. The van der Waals surface area contributed by atoms with E-state index in [1.54, 1.807) is 11.7 Å². The Bertz CT molecular complexity index is 846. The smallest absolute Gasteiger partial charge is 0.275 e. The van der Waals surface area contributed by atoms with E-state index in [0.29, 0.717) is 25.3 Å². The second kappa shape index (κ2) is 6.72. The SMILES string of the molecule is CNC(=O)[C@H]1CC[C@H]2OCCN(C(=O)c3nn(C)c4ccccc34)[C@@H]2C1. The average Bonchev–Trinajstić information content (AvgIpc) is 3.03. The van der Waals surface area contributed by atoms with Gasteiger partial charge in [0.1, 0.15) is 0 Å². The molecule has 138 valence electrons. The zero-order chi connectivity index (χ0) is 18.3. The molecule has 2 aromatic rings. The summed E-state index contributed by atoms with van der Waals surface area (Å²) in [6.45, 7) is 1.06. The lowest BCUT2D eigenvalue weighted by molar-refractivity contribution is -0.131. The van der Waals surface area contributed by atoms with Crippen LogP contribution < -0.4 is 5.32 Å². The Morgan fingerprint density at radius 3 is 2.88 bits per heavy atom. The summed E-state index contributed by atoms with van der Waals surface area (Å²) >= 11 is 0. The number of carbonyl (C=O) groups is 2. The van der Waals surface area contributed by atoms with E-state index >= 15 is 0 Å². The first-order valence-electron chi connectivity index (χ1n) is 9.16. The van der Waals surface area contributed by atoms with E-state index < -0.39 is 0 Å². The van der Waals surface area contributed by atoms with Crippen LogP contribution in [0.4, 0.5) is 0 Å². The molecule has 7 nitrogen and oxygen atoms in total. The molecule has 1 saturated carbocycles. The number of amides is 2. The van der Waals surface area contributed by atoms with Crippen molar-refractivity contribution in [1.82, 2.24) is 20.0 Å². The molecule has 0 radical (unpaired) electrons. The maximum atomic E-state index is 13.3. The molecule has 2 heterocycles. The van der Waals surface area contributed by atoms with Crippen LogP contribution in [0.5, 0.6) is 0 Å². The van der Waals surface area contributed by atoms with Crippen molar-refractivity contribution in [2.24, 2.45) is 13.0 Å². The number of carbonyl (C=O) groups excluding carboxylic acids is 2. The number of aryl methyl sites for hydroxylation is 1. The van der Waals surface area contributed by atoms with E-state index in [0.717, 1.165) is 23.7 Å². The van der Waals surface area contributed by atoms with Gasteiger partial charge in [-0.2, -0.15) is 5.10 Å². The van der Waals surface area contributed by atoms with Gasteiger partial charge in [0.25, 0.3) is 5.91 Å². The number of para-hydroxylation sites is 1. The first-order chi connectivity index (χ1) is 12.6. The van der Waals surface area contributed by atoms with Crippen LogP contribution >= 0.6 is 0 Å². The Balaban J connectivity index is 1.64. The highest BCUT2D eigenvalue weighted by atomic mass is 16.5. The third-order valence-corrected chi connectivity index (χ3v) is 5.66. The van der Waals surface area contributed by atoms with Gasteiger partial charge in [-0.3, -0.25) is 14.3 Å². The lowest BCUT2D eigenvalue weighted by atomic mass is 9.81. The fourth-order valence-corrected chi connectivity index (χ4v) is 4.31. The van der Waals surface area contributed by atoms with Crippen LogP contribution in [0.3, 0.4) is 0 Å². The highest BCUT2D eigenvalue weighted by molar-refractivity contribution is 6.05. The fourth-order valence-electron chi connectivity index (χ4n) is 4.31. The molecule has 1 aromatic heterocycles. The minimum atomic E-state index is -0.0759. The summed E-state index contributed by atoms with van der Waals surface area (Å²) in [6, 6.07) is 7.68. The van der Waals surface area contributed by atoms with Crippen LogP contribution in [-0.4, -0.2) is 58.8 Å². The third-order valence-electron chi connectivity index (χ3n) is 5.66. The normalized spacial score (nSPS) is 25.8. The second-order valence-corrected chi connectivity index (χ2v) is 7.09. The van der Waals surface area contributed by atoms with E-state index in [2.05, 4.69) is 10.4 Å². The summed E-state index contributed by atoms with van der Waals surface area (Å²) in [5.41, 5.74) is 1.42. The van der Waals surface area contributed by atoms with Gasteiger partial charge >= 0.3 is 0 Å². The van der Waals surface area contributed by atoms with Gasteiger partial charge in [0.05, 0.1) is 24.3 Å². The van der Waals surface area contributed by atoms with Gasteiger partial charge in [-0.15, -0.1) is 0 Å². The summed E-state index contributed by atoms with van der Waals surface area (Å²) in [6.07, 6.45) is 2.25. The topological polar surface area (TPSA) is 76.5 Å². The molecule has 7 heteroatoms. The van der Waals surface area contributed by atoms with Gasteiger partial charge in [-0.1, -0.05) is 18.2 Å². The zero-order valence-corrected chi connectivity index (χ0v) is 15.1. The van der Waals surface area contributed by atoms with Crippen molar-refractivity contribution < 1.29 is 14.3 Å². The van der Waals surface area contributed by atoms with Crippen molar-refractivity contribution in [1.29, 1.82) is 0 Å². The van der Waals surface area contributed by atoms with Gasteiger partial charge in [0, 0.05) is 31.9 Å². The molecular formula is C19H24N4O3. The molecule has 1 aliphatic carbocycles. The average molecular weight is 356 g/mol. The Kier molecular flexibility index (Phi) is 4.40. The minimum absolute atomic E-state index is 0.00332. The first kappa shape index (κ1) is 17.0. The molecule has 4 rings (SSSR count). The second-order valence-electron chi connectivity index (χ2n) is 7.09. The van der Waals surface area contributed by atoms with Gasteiger partial charge < -0.3 is 15.0 Å². The van der Waals surface area contributed by atoms with E-state index in [1.807, 2.05) is 36.2 Å². The van der Waals surface area contributed by atoms with E-state index in [-0.39, 0.29) is 29.9 Å². The van der Waals surface area contributed by atoms with E-state index in [1.165, 1.54) is 0 Å². The summed E-state index contributed by atoms with van der Waals surface area (Å²) in [4.78, 5) is 27.3. The molecule has 26 heavy (non-hydrogen) atoms. The molecular weight excluding hydrogens is 332 g/mol. The molecule has 1 aliphatic heterocycles. The van der Waals surface area contributed by atoms with Crippen LogP contribution in [0.15, 0.2) is 24.3 Å². The van der Waals surface area contributed by atoms with Gasteiger partial charge in [-0.05, 0) is 25.3 Å². The Morgan fingerprint density at radius 2 is 2.08 bits per heavy atom. The maximum absolute atomic E-state index is 13.3. The van der Waals surface area contributed by atoms with E-state index in [9.17, 15) is 9.59 Å². The summed E-state index contributed by atoms with van der Waals surface area (Å²) in [7, 11) is 3.51. The number of nitrogens with one attached hydrogen (secondary N) is 1. The zero-order valence-electron chi connectivity index (χ0n) is 15.1. The van der Waals surface area contributed by atoms with Crippen molar-refractivity contribution in [2.75, 3.05) is 20.2 Å². The number of rotatable bonds is 2. The summed E-state index contributed by atoms with van der Waals surface area (Å²) in [5.74, 6) is -0.0962. The number of hydrogen-bond donors (Lipinski definition) is 1. The molecule has 0 bridgehead atoms. The van der Waals surface area contributed by atoms with Crippen molar-refractivity contribution in [3.8, 4) is 0 Å². The highest BCUT2D eigenvalue weighted by Crippen LogP contribution is 2.33. The number of nitrogens with zero attached hydrogens (tertiary/aromatic N) is 3. The van der Waals surface area contributed by atoms with Gasteiger partial charge in [0.15, 0.2) is 5.69 Å². The van der Waals surface area contributed by atoms with E-state index in [4.69, 9.17) is 4.74 Å². The molecule has 2 amide bonds. The number of morpholine rings is 1. The molecule has 2 aliphatic rings. The monoisotopic (exact) mass is 356 g/mol. The van der Waals surface area contributed by atoms with Crippen LogP contribution in [0.25, 0.3) is 10.9 Å². The van der Waals surface area contributed by atoms with Gasteiger partial charge in [0.2, 0.25) is 5.91 Å². The summed E-state index contributed by atoms with van der Waals surface area (Å²) < 4.78 is 7.65. The highest BCUT2D eigenvalue weighted by Gasteiger charge is 2.42. The molecule has 1 N–H and O–H groups in total. The largest absolute Gasteiger partial charge is 0.374 e. The predicted octanol–water partition coefficient (Wildman–Crippen LogP) is 1.33. The fraction of sp³-hybridized carbons (Fsp3) is 0.526. The quantitative estimate of drug-likeness (QED) is 0.881. The summed E-state index contributed by atoms with van der Waals surface area (Å²) in [5, 5.41) is 8.08. The van der Waals surface area contributed by atoms with Crippen LogP contribution in [0.1, 0.15) is 29.8 Å². The standard InChI is InChI=1S/C19H24N4O3/c1-20-18(24)12-7-8-16-15(11-12)23(9-10-26-16)19(25)17-13-5-3-4-6-14(13)22(2)21-17/h3-6,12,15-16H,7-11H2,1-2H3,(H,20,24)/t12-,15+,16+/m0/s1. The molecule has 0 spiro atoms. The lowest BCUT2D eigenvalue weighted by Crippen LogP contribution is -2.57. The molecule has 3 atom stereocenters. The number of benzene rings is 1. The number of hydrogen-bond acceptors (Lipinski definition) is 4. The van der Waals surface area contributed by atoms with Crippen LogP contribution in [0.2, 0.25) is 0 Å².